The number of carboxylic acids is 1. The molecule has 3 aromatic carbocycles. The quantitative estimate of drug-likeness (QED) is 0.0120. The number of benzene rings is 3. The lowest BCUT2D eigenvalue weighted by Crippen LogP contribution is -2.54. The van der Waals surface area contributed by atoms with E-state index in [4.69, 9.17) is 15.6 Å². The number of aromatic nitrogens is 2. The molecule has 622 valence electrons. The van der Waals surface area contributed by atoms with E-state index in [-0.39, 0.29) is 73.9 Å². The van der Waals surface area contributed by atoms with Gasteiger partial charge in [-0.1, -0.05) is 86.8 Å². The van der Waals surface area contributed by atoms with Gasteiger partial charge in [-0.3, -0.25) is 66.8 Å². The Bertz CT molecular complexity index is 4020. The van der Waals surface area contributed by atoms with E-state index in [0.29, 0.717) is 60.6 Å². The second-order valence-corrected chi connectivity index (χ2v) is 28.2. The number of ether oxygens (including phenoxy) is 1. The van der Waals surface area contributed by atoms with Crippen LogP contribution in [0.3, 0.4) is 0 Å². The maximum atomic E-state index is 15.0. The van der Waals surface area contributed by atoms with E-state index in [0.717, 1.165) is 32.2 Å². The van der Waals surface area contributed by atoms with Crippen LogP contribution in [0, 0.1) is 24.5 Å². The molecule has 1 aromatic heterocycles. The zero-order valence-corrected chi connectivity index (χ0v) is 63.3. The van der Waals surface area contributed by atoms with Gasteiger partial charge in [-0.25, -0.2) is 18.4 Å². The summed E-state index contributed by atoms with van der Waals surface area (Å²) < 4.78 is 37.0. The summed E-state index contributed by atoms with van der Waals surface area (Å²) in [4.78, 5) is 175. The van der Waals surface area contributed by atoms with Crippen molar-refractivity contribution in [3.05, 3.63) is 139 Å². The third-order valence-corrected chi connectivity index (χ3v) is 19.8. The molecule has 1 aliphatic heterocycles. The highest BCUT2D eigenvalue weighted by Gasteiger charge is 2.37. The highest BCUT2D eigenvalue weighted by molar-refractivity contribution is 8.04. The lowest BCUT2D eigenvalue weighted by atomic mass is 9.92. The molecule has 1 aliphatic rings. The maximum absolute atomic E-state index is 15.0. The van der Waals surface area contributed by atoms with E-state index >= 15 is 8.78 Å². The number of halogens is 2. The highest BCUT2D eigenvalue weighted by Crippen LogP contribution is 2.27. The molecule has 5 rings (SSSR count). The largest absolute Gasteiger partial charge is 0.480 e. The summed E-state index contributed by atoms with van der Waals surface area (Å²) in [6.07, 6.45) is -15.9. The van der Waals surface area contributed by atoms with E-state index in [2.05, 4.69) is 31.9 Å². The van der Waals surface area contributed by atoms with Gasteiger partial charge in [0, 0.05) is 93.3 Å². The van der Waals surface area contributed by atoms with Crippen LogP contribution >= 0.6 is 11.8 Å². The van der Waals surface area contributed by atoms with Crippen molar-refractivity contribution in [1.82, 2.24) is 45.9 Å². The summed E-state index contributed by atoms with van der Waals surface area (Å²) in [5, 5.41) is 124. The van der Waals surface area contributed by atoms with E-state index in [1.165, 1.54) is 13.0 Å². The average Bonchev–Trinajstić information content (AvgIpc) is 1.37. The van der Waals surface area contributed by atoms with Crippen molar-refractivity contribution >= 4 is 77.2 Å². The summed E-state index contributed by atoms with van der Waals surface area (Å²) in [5.74, 6) is -13.2. The zero-order chi connectivity index (χ0) is 83.6. The highest BCUT2D eigenvalue weighted by atomic mass is 32.2. The number of carbonyl (C=O) groups is 11. The number of hydrogen-bond acceptors (Lipinski definition) is 26. The first kappa shape index (κ1) is 94.0. The van der Waals surface area contributed by atoms with Gasteiger partial charge < -0.3 is 98.5 Å². The number of carboxylic acid groups (broad SMARTS) is 1. The molecule has 2 heterocycles. The number of aryl methyl sites for hydroxylation is 1. The molecule has 0 saturated heterocycles. The smallest absolute Gasteiger partial charge is 0.331 e. The fourth-order valence-electron chi connectivity index (χ4n) is 12.0. The number of carbonyl (C=O) groups excluding carboxylic acids is 10. The van der Waals surface area contributed by atoms with E-state index in [9.17, 15) is 113 Å². The predicted octanol–water partition coefficient (Wildman–Crippen LogP) is -2.86. The first-order valence-electron chi connectivity index (χ1n) is 36.8. The Balaban J connectivity index is 1.25. The van der Waals surface area contributed by atoms with Crippen molar-refractivity contribution in [1.29, 1.82) is 0 Å². The number of imide groups is 1. The minimum Gasteiger partial charge on any atom is -0.480 e. The van der Waals surface area contributed by atoms with Crippen LogP contribution in [-0.2, 0) is 77.0 Å². The van der Waals surface area contributed by atoms with Gasteiger partial charge >= 0.3 is 11.7 Å². The van der Waals surface area contributed by atoms with Crippen molar-refractivity contribution in [3.63, 3.8) is 0 Å². The lowest BCUT2D eigenvalue weighted by Gasteiger charge is -2.26. The Morgan fingerprint density at radius 2 is 1.19 bits per heavy atom. The van der Waals surface area contributed by atoms with Crippen LogP contribution in [0.15, 0.2) is 93.4 Å². The van der Waals surface area contributed by atoms with Gasteiger partial charge in [0.05, 0.1) is 61.6 Å². The fourth-order valence-corrected chi connectivity index (χ4v) is 13.0. The summed E-state index contributed by atoms with van der Waals surface area (Å²) >= 11 is 0.614. The van der Waals surface area contributed by atoms with Crippen molar-refractivity contribution in [2.24, 2.45) is 11.7 Å². The second-order valence-electron chi connectivity index (χ2n) is 27.1. The number of nitrogens with two attached hydrogens (primary N) is 1. The van der Waals surface area contributed by atoms with Gasteiger partial charge in [-0.15, -0.1) is 11.8 Å². The molecule has 4 aromatic rings. The Morgan fingerprint density at radius 3 is 1.79 bits per heavy atom. The van der Waals surface area contributed by atoms with E-state index in [1.54, 1.807) is 61.5 Å². The predicted molar refractivity (Wildman–Crippen MR) is 400 cm³/mol. The van der Waals surface area contributed by atoms with E-state index in [1.807, 2.05) is 0 Å². The molecule has 38 heteroatoms. The van der Waals surface area contributed by atoms with Crippen molar-refractivity contribution in [3.8, 4) is 11.1 Å². The summed E-state index contributed by atoms with van der Waals surface area (Å²) in [7, 11) is 0. The van der Waals surface area contributed by atoms with Crippen LogP contribution in [-0.4, -0.2) is 254 Å². The number of unbranched alkanes of at least 4 members (excludes halogenated alkanes) is 4. The van der Waals surface area contributed by atoms with Crippen LogP contribution in [0.5, 0.6) is 0 Å². The van der Waals surface area contributed by atoms with Gasteiger partial charge in [-0.2, -0.15) is 0 Å². The van der Waals surface area contributed by atoms with Crippen LogP contribution in [0.2, 0.25) is 0 Å². The number of nitrogens with one attached hydrogen (secondary N) is 6. The number of nitrogens with zero attached hydrogens (tertiary/aromatic N) is 3. The first-order valence-corrected chi connectivity index (χ1v) is 37.8. The molecular weight excluding hydrogens is 1510 g/mol. The third-order valence-electron chi connectivity index (χ3n) is 18.7. The Morgan fingerprint density at radius 1 is 0.628 bits per heavy atom. The average molecular weight is 1610 g/mol. The molecule has 0 bridgehead atoms. The molecule has 8 amide bonds. The Kier molecular flexibility index (Phi) is 39.8. The molecule has 35 nitrogen and oxygen atoms in total. The van der Waals surface area contributed by atoms with Crippen molar-refractivity contribution in [2.75, 3.05) is 51.8 Å². The Hall–Kier alpha value is -9.58. The lowest BCUT2D eigenvalue weighted by molar-refractivity contribution is -0.142. The fraction of sp³-hybridized carbons (Fsp3) is 0.533. The molecule has 0 aliphatic carbocycles. The number of rotatable bonds is 53. The molecular formula is C75H102F2N10O25S. The van der Waals surface area contributed by atoms with Crippen LogP contribution in [0.4, 0.5) is 8.78 Å². The standard InChI is InChI=1S/C75H102F2N10O25S/c1-3-29-85-64(100)33-59(72(85)107)113-40-53(74(109)110)84-71(106)52(23-26-62(98)81-35-56(93)67(102)69(104)58(95)39-89)83-70(105)46(27-30-112-41-90)32-54(91)51(22-25-61(97)80-34-55(92)66(101)68(103)57(94)38-88)82-63(99)20-10-5-4-6-11-28-79-60(96)24-21-43-14-12-17-45(31-43)65-42(2)86(36-47-48(76)18-13-19-49(47)77)75(111)87(73(65)108)37-50(78)44-15-8-7-9-16-44/h7-9,12-19,31,33,41,46,50-53,55-58,66-69,88-89,92-95,101-104H,3-6,10-11,20-30,32,34-40,78H2,1-2H3,(H,79,96)(H,80,97)(H,81,98)(H,82,99)(H,83,105)(H,84,106)(H,109,110)/t46-,50+,51+,52+,53+,55-,56-,57+,58+,66+,67+,68+,69+/m0/s1. The SMILES string of the molecule is CCCN1C(=O)C=C(SC[C@@H](NC(=O)[C@@H](CCC(=O)NC[C@H](O)[C@@H](O)[C@H](O)[C@H](O)CO)NC(=O)[C@@H](CCOC=O)CC(=O)[C@@H](CCC(=O)NC[C@H](O)[C@@H](O)[C@H](O)[C@H](O)CO)NC(=O)CCCCCCCNC(=O)CCc2cccc(-c3c(C)n(Cc4c(F)cccc4F)c(=O)n(C[C@@H](N)c4ccccc4)c3=O)c2)C(=O)O)C1=O. The van der Waals surface area contributed by atoms with Crippen molar-refractivity contribution in [2.45, 2.75) is 196 Å². The van der Waals surface area contributed by atoms with Crippen molar-refractivity contribution < 1.29 is 122 Å². The maximum Gasteiger partial charge on any atom is 0.331 e. The van der Waals surface area contributed by atoms with Crippen LogP contribution in [0.25, 0.3) is 11.1 Å². The minimum absolute atomic E-state index is 0.0130. The first-order chi connectivity index (χ1) is 53.8. The molecule has 0 saturated carbocycles. The molecule has 19 N–H and O–H groups in total. The number of hydrogen-bond donors (Lipinski definition) is 18. The molecule has 0 spiro atoms. The van der Waals surface area contributed by atoms with Crippen LogP contribution < -0.4 is 48.9 Å². The van der Waals surface area contributed by atoms with Gasteiger partial charge in [0.1, 0.15) is 60.3 Å². The van der Waals surface area contributed by atoms with E-state index < -0.39 is 244 Å². The zero-order valence-electron chi connectivity index (χ0n) is 62.5. The second kappa shape index (κ2) is 47.8. The summed E-state index contributed by atoms with van der Waals surface area (Å²) in [5.41, 5.74) is 6.47. The summed E-state index contributed by atoms with van der Waals surface area (Å²) in [6.45, 7) is -1.33. The van der Waals surface area contributed by atoms with Crippen LogP contribution in [0.1, 0.15) is 125 Å². The third kappa shape index (κ3) is 29.4. The molecule has 0 radical (unpaired) electrons. The van der Waals surface area contributed by atoms with Gasteiger partial charge in [-0.05, 0) is 80.7 Å². The van der Waals surface area contributed by atoms with Gasteiger partial charge in [0.2, 0.25) is 35.4 Å². The number of ketones is 1. The normalized spacial score (nSPS) is 15.6. The molecule has 113 heavy (non-hydrogen) atoms. The number of amides is 8. The molecule has 13 atom stereocenters. The number of Topliss-reactive ketones (excluding diaryl/α,β-unsaturated/α-hetero) is 1. The van der Waals surface area contributed by atoms with Gasteiger partial charge in [0.15, 0.2) is 5.78 Å². The monoisotopic (exact) mass is 1610 g/mol. The topological polar surface area (TPSA) is 565 Å². The number of aliphatic hydroxyl groups is 10. The molecule has 0 fully saturated rings. The summed E-state index contributed by atoms with van der Waals surface area (Å²) in [6, 6.07) is 12.7. The Labute approximate surface area is 652 Å². The minimum atomic E-state index is -2.10. The number of aliphatic hydroxyl groups excluding tert-OH is 10. The molecule has 0 unspecified atom stereocenters. The number of aliphatic carboxylic acids is 1. The van der Waals surface area contributed by atoms with Gasteiger partial charge in [0.25, 0.3) is 23.8 Å². The number of thioether (sulfide) groups is 1.